The lowest BCUT2D eigenvalue weighted by Crippen LogP contribution is -2.48. The van der Waals surface area contributed by atoms with Gasteiger partial charge in [-0.3, -0.25) is 9.69 Å². The highest BCUT2D eigenvalue weighted by molar-refractivity contribution is 5.93. The third-order valence-electron chi connectivity index (χ3n) is 5.01. The fraction of sp³-hybridized carbons (Fsp3) is 0.261. The van der Waals surface area contributed by atoms with Gasteiger partial charge in [0, 0.05) is 44.5 Å². The molecule has 0 radical (unpaired) electrons. The molecule has 0 atom stereocenters. The topological polar surface area (TPSA) is 61.4 Å². The average Bonchev–Trinajstić information content (AvgIpc) is 2.75. The van der Waals surface area contributed by atoms with E-state index in [2.05, 4.69) is 44.5 Å². The lowest BCUT2D eigenvalue weighted by atomic mass is 10.2. The number of benzene rings is 2. The van der Waals surface area contributed by atoms with E-state index in [-0.39, 0.29) is 5.91 Å². The first-order valence-corrected chi connectivity index (χ1v) is 9.91. The van der Waals surface area contributed by atoms with Gasteiger partial charge in [0.1, 0.15) is 17.3 Å². The lowest BCUT2D eigenvalue weighted by molar-refractivity contribution is 0.0622. The summed E-state index contributed by atoms with van der Waals surface area (Å²) in [6.07, 6.45) is 0. The Bertz CT molecular complexity index is 954. The SMILES string of the molecule is Cc1nc(Nc2ccccc2)cc(C(=O)N2CCN(Cc3ccccc3)CC2)n1. The summed E-state index contributed by atoms with van der Waals surface area (Å²) in [7, 11) is 0. The highest BCUT2D eigenvalue weighted by Gasteiger charge is 2.23. The van der Waals surface area contributed by atoms with Crippen molar-refractivity contribution in [3.8, 4) is 0 Å². The summed E-state index contributed by atoms with van der Waals surface area (Å²) in [5.41, 5.74) is 2.67. The van der Waals surface area contributed by atoms with Crippen molar-refractivity contribution in [3.05, 3.63) is 83.8 Å². The molecule has 1 aliphatic rings. The van der Waals surface area contributed by atoms with E-state index in [1.165, 1.54) is 5.56 Å². The maximum absolute atomic E-state index is 13.0. The number of anilines is 2. The van der Waals surface area contributed by atoms with Crippen LogP contribution in [0, 0.1) is 6.92 Å². The Morgan fingerprint density at radius 2 is 1.59 bits per heavy atom. The minimum absolute atomic E-state index is 0.0361. The number of nitrogens with one attached hydrogen (secondary N) is 1. The second-order valence-electron chi connectivity index (χ2n) is 7.23. The van der Waals surface area contributed by atoms with Crippen molar-refractivity contribution < 1.29 is 4.79 Å². The zero-order valence-corrected chi connectivity index (χ0v) is 16.6. The number of hydrogen-bond donors (Lipinski definition) is 1. The third kappa shape index (κ3) is 4.97. The molecular formula is C23H25N5O. The Labute approximate surface area is 171 Å². The van der Waals surface area contributed by atoms with Crippen LogP contribution in [-0.2, 0) is 6.54 Å². The van der Waals surface area contributed by atoms with E-state index in [0.29, 0.717) is 30.4 Å². The van der Waals surface area contributed by atoms with Gasteiger partial charge in [-0.25, -0.2) is 9.97 Å². The van der Waals surface area contributed by atoms with Gasteiger partial charge in [-0.15, -0.1) is 0 Å². The first-order chi connectivity index (χ1) is 14.2. The van der Waals surface area contributed by atoms with Crippen LogP contribution >= 0.6 is 0 Å². The average molecular weight is 387 g/mol. The number of piperazine rings is 1. The molecule has 4 rings (SSSR count). The van der Waals surface area contributed by atoms with Crippen molar-refractivity contribution in [2.45, 2.75) is 13.5 Å². The highest BCUT2D eigenvalue weighted by Crippen LogP contribution is 2.17. The molecule has 0 unspecified atom stereocenters. The number of hydrogen-bond acceptors (Lipinski definition) is 5. The molecule has 148 valence electrons. The number of para-hydroxylation sites is 1. The van der Waals surface area contributed by atoms with Crippen LogP contribution in [0.5, 0.6) is 0 Å². The molecule has 1 amide bonds. The maximum Gasteiger partial charge on any atom is 0.272 e. The zero-order valence-electron chi connectivity index (χ0n) is 16.6. The van der Waals surface area contributed by atoms with Crippen LogP contribution in [0.2, 0.25) is 0 Å². The van der Waals surface area contributed by atoms with Crippen LogP contribution in [0.3, 0.4) is 0 Å². The van der Waals surface area contributed by atoms with E-state index >= 15 is 0 Å². The quantitative estimate of drug-likeness (QED) is 0.726. The number of rotatable bonds is 5. The van der Waals surface area contributed by atoms with Crippen LogP contribution < -0.4 is 5.32 Å². The number of nitrogens with zero attached hydrogens (tertiary/aromatic N) is 4. The van der Waals surface area contributed by atoms with Crippen molar-refractivity contribution in [1.82, 2.24) is 19.8 Å². The van der Waals surface area contributed by atoms with E-state index in [0.717, 1.165) is 25.3 Å². The van der Waals surface area contributed by atoms with E-state index in [1.807, 2.05) is 48.2 Å². The van der Waals surface area contributed by atoms with Crippen molar-refractivity contribution in [2.24, 2.45) is 0 Å². The second-order valence-corrected chi connectivity index (χ2v) is 7.23. The van der Waals surface area contributed by atoms with Gasteiger partial charge in [0.25, 0.3) is 5.91 Å². The normalized spacial score (nSPS) is 14.6. The van der Waals surface area contributed by atoms with E-state index in [9.17, 15) is 4.79 Å². The summed E-state index contributed by atoms with van der Waals surface area (Å²) in [6, 6.07) is 22.0. The first-order valence-electron chi connectivity index (χ1n) is 9.91. The molecule has 2 aromatic carbocycles. The molecule has 0 bridgehead atoms. The molecule has 3 aromatic rings. The summed E-state index contributed by atoms with van der Waals surface area (Å²) < 4.78 is 0. The summed E-state index contributed by atoms with van der Waals surface area (Å²) >= 11 is 0. The fourth-order valence-corrected chi connectivity index (χ4v) is 3.52. The Morgan fingerprint density at radius 1 is 0.931 bits per heavy atom. The molecule has 6 heteroatoms. The Hall–Kier alpha value is -3.25. The van der Waals surface area contributed by atoms with Crippen LogP contribution in [0.15, 0.2) is 66.7 Å². The Kier molecular flexibility index (Phi) is 5.81. The van der Waals surface area contributed by atoms with Crippen molar-refractivity contribution in [2.75, 3.05) is 31.5 Å². The molecule has 0 aliphatic carbocycles. The summed E-state index contributed by atoms with van der Waals surface area (Å²) in [5.74, 6) is 1.18. The second kappa shape index (κ2) is 8.84. The predicted molar refractivity (Wildman–Crippen MR) is 114 cm³/mol. The summed E-state index contributed by atoms with van der Waals surface area (Å²) in [5, 5.41) is 3.25. The van der Waals surface area contributed by atoms with Gasteiger partial charge in [0.2, 0.25) is 0 Å². The van der Waals surface area contributed by atoms with Crippen LogP contribution in [-0.4, -0.2) is 51.9 Å². The van der Waals surface area contributed by atoms with Gasteiger partial charge in [-0.1, -0.05) is 48.5 Å². The highest BCUT2D eigenvalue weighted by atomic mass is 16.2. The minimum atomic E-state index is -0.0361. The number of aryl methyl sites for hydroxylation is 1. The van der Waals surface area contributed by atoms with E-state index < -0.39 is 0 Å². The maximum atomic E-state index is 13.0. The molecule has 0 spiro atoms. The molecule has 0 saturated carbocycles. The lowest BCUT2D eigenvalue weighted by Gasteiger charge is -2.34. The largest absolute Gasteiger partial charge is 0.340 e. The first kappa shape index (κ1) is 19.1. The molecule has 1 aliphatic heterocycles. The zero-order chi connectivity index (χ0) is 20.1. The minimum Gasteiger partial charge on any atom is -0.340 e. The Balaban J connectivity index is 1.39. The number of amides is 1. The smallest absolute Gasteiger partial charge is 0.272 e. The summed E-state index contributed by atoms with van der Waals surface area (Å²) in [4.78, 5) is 26.1. The molecule has 1 saturated heterocycles. The molecule has 1 N–H and O–H groups in total. The molecular weight excluding hydrogens is 362 g/mol. The van der Waals surface area contributed by atoms with Crippen molar-refractivity contribution in [1.29, 1.82) is 0 Å². The van der Waals surface area contributed by atoms with Gasteiger partial charge in [-0.05, 0) is 24.6 Å². The van der Waals surface area contributed by atoms with Gasteiger partial charge in [0.15, 0.2) is 0 Å². The molecule has 6 nitrogen and oxygen atoms in total. The van der Waals surface area contributed by atoms with Gasteiger partial charge >= 0.3 is 0 Å². The monoisotopic (exact) mass is 387 g/mol. The van der Waals surface area contributed by atoms with Gasteiger partial charge in [-0.2, -0.15) is 0 Å². The van der Waals surface area contributed by atoms with Crippen molar-refractivity contribution >= 4 is 17.4 Å². The van der Waals surface area contributed by atoms with E-state index in [1.54, 1.807) is 6.07 Å². The van der Waals surface area contributed by atoms with Gasteiger partial charge in [0.05, 0.1) is 0 Å². The number of aromatic nitrogens is 2. The Morgan fingerprint density at radius 3 is 2.28 bits per heavy atom. The number of carbonyl (C=O) groups is 1. The van der Waals surface area contributed by atoms with Crippen molar-refractivity contribution in [3.63, 3.8) is 0 Å². The number of carbonyl (C=O) groups excluding carboxylic acids is 1. The molecule has 1 aromatic heterocycles. The molecule has 1 fully saturated rings. The van der Waals surface area contributed by atoms with Crippen LogP contribution in [0.4, 0.5) is 11.5 Å². The van der Waals surface area contributed by atoms with Crippen LogP contribution in [0.1, 0.15) is 21.9 Å². The third-order valence-corrected chi connectivity index (χ3v) is 5.01. The fourth-order valence-electron chi connectivity index (χ4n) is 3.52. The molecule has 2 heterocycles. The predicted octanol–water partition coefficient (Wildman–Crippen LogP) is 3.49. The van der Waals surface area contributed by atoms with Crippen LogP contribution in [0.25, 0.3) is 0 Å². The summed E-state index contributed by atoms with van der Waals surface area (Å²) in [6.45, 7) is 5.86. The molecule has 29 heavy (non-hydrogen) atoms. The van der Waals surface area contributed by atoms with E-state index in [4.69, 9.17) is 0 Å². The van der Waals surface area contributed by atoms with Gasteiger partial charge < -0.3 is 10.2 Å². The standard InChI is InChI=1S/C23H25N5O/c1-18-24-21(16-22(25-18)26-20-10-6-3-7-11-20)23(29)28-14-12-27(13-15-28)17-19-8-4-2-5-9-19/h2-11,16H,12-15,17H2,1H3,(H,24,25,26).